The highest BCUT2D eigenvalue weighted by Gasteiger charge is 2.21. The molecule has 0 saturated heterocycles. The molecule has 0 fully saturated rings. The van der Waals surface area contributed by atoms with Gasteiger partial charge in [-0.05, 0) is 18.7 Å². The highest BCUT2D eigenvalue weighted by atomic mass is 16.5. The summed E-state index contributed by atoms with van der Waals surface area (Å²) in [6.45, 7) is 3.79. The Bertz CT molecular complexity index is 356. The fourth-order valence-corrected chi connectivity index (χ4v) is 1.78. The Morgan fingerprint density at radius 3 is 3.07 bits per heavy atom. The van der Waals surface area contributed by atoms with Gasteiger partial charge in [0.25, 0.3) is 0 Å². The van der Waals surface area contributed by atoms with Crippen LogP contribution < -0.4 is 5.32 Å². The van der Waals surface area contributed by atoms with E-state index in [1.165, 1.54) is 0 Å². The van der Waals surface area contributed by atoms with Gasteiger partial charge >= 0.3 is 0 Å². The van der Waals surface area contributed by atoms with Gasteiger partial charge in [-0.2, -0.15) is 5.10 Å². The summed E-state index contributed by atoms with van der Waals surface area (Å²) in [6.07, 6.45) is 5.10. The van der Waals surface area contributed by atoms with E-state index in [1.54, 1.807) is 0 Å². The molecule has 0 aromatic carbocycles. The average Bonchev–Trinajstić information content (AvgIpc) is 2.85. The molecule has 1 aliphatic heterocycles. The molecule has 2 rings (SSSR count). The Balaban J connectivity index is 2.18. The average molecular weight is 207 g/mol. The highest BCUT2D eigenvalue weighted by molar-refractivity contribution is 5.19. The van der Waals surface area contributed by atoms with Crippen LogP contribution in [0.15, 0.2) is 24.1 Å². The Hall–Kier alpha value is -1.29. The maximum absolute atomic E-state index is 5.58. The third kappa shape index (κ3) is 2.21. The molecule has 0 radical (unpaired) electrons. The molecule has 0 bridgehead atoms. The molecule has 4 heteroatoms. The molecule has 1 atom stereocenters. The minimum atomic E-state index is 0.110. The number of nitrogens with one attached hydrogen (secondary N) is 1. The number of aromatic nitrogens is 2. The zero-order chi connectivity index (χ0) is 10.7. The quantitative estimate of drug-likeness (QED) is 0.810. The Kier molecular flexibility index (Phi) is 3.06. The van der Waals surface area contributed by atoms with Gasteiger partial charge in [0.1, 0.15) is 11.8 Å². The van der Waals surface area contributed by atoms with Gasteiger partial charge in [-0.25, -0.2) is 0 Å². The summed E-state index contributed by atoms with van der Waals surface area (Å²) < 4.78 is 7.40. The zero-order valence-corrected chi connectivity index (χ0v) is 9.23. The molecule has 1 aliphatic rings. The third-order valence-corrected chi connectivity index (χ3v) is 2.45. The summed E-state index contributed by atoms with van der Waals surface area (Å²) in [4.78, 5) is 0. The molecule has 82 valence electrons. The maximum atomic E-state index is 5.58. The topological polar surface area (TPSA) is 39.1 Å². The third-order valence-electron chi connectivity index (χ3n) is 2.45. The van der Waals surface area contributed by atoms with Crippen LogP contribution in [0.2, 0.25) is 0 Å². The molecule has 0 saturated carbocycles. The molecule has 1 unspecified atom stereocenters. The molecule has 0 amide bonds. The van der Waals surface area contributed by atoms with E-state index >= 15 is 0 Å². The molecule has 4 nitrogen and oxygen atoms in total. The van der Waals surface area contributed by atoms with Crippen LogP contribution in [0.1, 0.15) is 25.1 Å². The van der Waals surface area contributed by atoms with Crippen molar-refractivity contribution in [2.24, 2.45) is 7.05 Å². The number of hydrogen-bond donors (Lipinski definition) is 1. The summed E-state index contributed by atoms with van der Waals surface area (Å²) in [5, 5.41) is 7.79. The van der Waals surface area contributed by atoms with E-state index in [0.717, 1.165) is 31.0 Å². The predicted molar refractivity (Wildman–Crippen MR) is 58.3 cm³/mol. The Morgan fingerprint density at radius 1 is 1.67 bits per heavy atom. The van der Waals surface area contributed by atoms with Gasteiger partial charge in [0, 0.05) is 19.7 Å². The smallest absolute Gasteiger partial charge is 0.115 e. The minimum absolute atomic E-state index is 0.110. The van der Waals surface area contributed by atoms with Gasteiger partial charge in [0.15, 0.2) is 0 Å². The normalized spacial score (nSPS) is 17.3. The standard InChI is InChI=1S/C11H17N3O/c1-3-12-11(10-5-4-8-15-10)9-6-7-14(2)13-9/h5-7,11-12H,3-4,8H2,1-2H3. The lowest BCUT2D eigenvalue weighted by molar-refractivity contribution is 0.214. The van der Waals surface area contributed by atoms with Crippen molar-refractivity contribution in [3.8, 4) is 0 Å². The molecule has 0 spiro atoms. The van der Waals surface area contributed by atoms with E-state index in [-0.39, 0.29) is 6.04 Å². The number of rotatable bonds is 4. The SMILES string of the molecule is CCNC(C1=CCCO1)c1ccn(C)n1. The van der Waals surface area contributed by atoms with Crippen molar-refractivity contribution in [1.29, 1.82) is 0 Å². The number of ether oxygens (including phenoxy) is 1. The van der Waals surface area contributed by atoms with Crippen LogP contribution in [0, 0.1) is 0 Å². The van der Waals surface area contributed by atoms with E-state index in [9.17, 15) is 0 Å². The zero-order valence-electron chi connectivity index (χ0n) is 9.23. The Labute approximate surface area is 89.9 Å². The molecule has 1 N–H and O–H groups in total. The monoisotopic (exact) mass is 207 g/mol. The van der Waals surface area contributed by atoms with Crippen LogP contribution in [-0.4, -0.2) is 22.9 Å². The minimum Gasteiger partial charge on any atom is -0.496 e. The van der Waals surface area contributed by atoms with E-state index in [0.29, 0.717) is 0 Å². The van der Waals surface area contributed by atoms with Crippen molar-refractivity contribution in [1.82, 2.24) is 15.1 Å². The second-order valence-corrected chi connectivity index (χ2v) is 3.65. The van der Waals surface area contributed by atoms with Gasteiger partial charge in [-0.1, -0.05) is 6.92 Å². The summed E-state index contributed by atoms with van der Waals surface area (Å²) in [5.41, 5.74) is 1.02. The van der Waals surface area contributed by atoms with Gasteiger partial charge in [-0.3, -0.25) is 4.68 Å². The molecule has 0 aliphatic carbocycles. The van der Waals surface area contributed by atoms with Crippen LogP contribution >= 0.6 is 0 Å². The largest absolute Gasteiger partial charge is 0.496 e. The highest BCUT2D eigenvalue weighted by Crippen LogP contribution is 2.24. The first kappa shape index (κ1) is 10.2. The lowest BCUT2D eigenvalue weighted by Crippen LogP contribution is -2.23. The van der Waals surface area contributed by atoms with Crippen molar-refractivity contribution >= 4 is 0 Å². The van der Waals surface area contributed by atoms with E-state index in [1.807, 2.05) is 24.0 Å². The van der Waals surface area contributed by atoms with Gasteiger partial charge in [0.05, 0.1) is 12.3 Å². The lowest BCUT2D eigenvalue weighted by atomic mass is 10.1. The van der Waals surface area contributed by atoms with Crippen molar-refractivity contribution in [2.75, 3.05) is 13.2 Å². The summed E-state index contributed by atoms with van der Waals surface area (Å²) in [5.74, 6) is 1.01. The second kappa shape index (κ2) is 4.49. The van der Waals surface area contributed by atoms with Crippen LogP contribution in [0.5, 0.6) is 0 Å². The summed E-state index contributed by atoms with van der Waals surface area (Å²) in [7, 11) is 1.93. The van der Waals surface area contributed by atoms with Crippen molar-refractivity contribution in [3.05, 3.63) is 29.8 Å². The van der Waals surface area contributed by atoms with Gasteiger partial charge in [0.2, 0.25) is 0 Å². The molecule has 15 heavy (non-hydrogen) atoms. The van der Waals surface area contributed by atoms with Gasteiger partial charge in [-0.15, -0.1) is 0 Å². The fraction of sp³-hybridized carbons (Fsp3) is 0.545. The second-order valence-electron chi connectivity index (χ2n) is 3.65. The van der Waals surface area contributed by atoms with Crippen LogP contribution in [-0.2, 0) is 11.8 Å². The first-order chi connectivity index (χ1) is 7.31. The van der Waals surface area contributed by atoms with Crippen LogP contribution in [0.3, 0.4) is 0 Å². The predicted octanol–water partition coefficient (Wildman–Crippen LogP) is 1.37. The summed E-state index contributed by atoms with van der Waals surface area (Å²) in [6, 6.07) is 2.13. The van der Waals surface area contributed by atoms with Crippen LogP contribution in [0.25, 0.3) is 0 Å². The molecular weight excluding hydrogens is 190 g/mol. The fourth-order valence-electron chi connectivity index (χ4n) is 1.78. The molecule has 1 aromatic heterocycles. The lowest BCUT2D eigenvalue weighted by Gasteiger charge is -2.16. The van der Waals surface area contributed by atoms with E-state index in [4.69, 9.17) is 4.74 Å². The molecular formula is C11H17N3O. The number of nitrogens with zero attached hydrogens (tertiary/aromatic N) is 2. The molecule has 1 aromatic rings. The van der Waals surface area contributed by atoms with Crippen molar-refractivity contribution in [3.63, 3.8) is 0 Å². The van der Waals surface area contributed by atoms with Crippen molar-refractivity contribution < 1.29 is 4.74 Å². The summed E-state index contributed by atoms with van der Waals surface area (Å²) >= 11 is 0. The first-order valence-electron chi connectivity index (χ1n) is 5.37. The van der Waals surface area contributed by atoms with E-state index < -0.39 is 0 Å². The van der Waals surface area contributed by atoms with Gasteiger partial charge < -0.3 is 10.1 Å². The number of likely N-dealkylation sites (N-methyl/N-ethyl adjacent to an activating group) is 1. The van der Waals surface area contributed by atoms with E-state index in [2.05, 4.69) is 23.4 Å². The van der Waals surface area contributed by atoms with Crippen molar-refractivity contribution in [2.45, 2.75) is 19.4 Å². The Morgan fingerprint density at radius 2 is 2.53 bits per heavy atom. The number of hydrogen-bond acceptors (Lipinski definition) is 3. The first-order valence-corrected chi connectivity index (χ1v) is 5.37. The maximum Gasteiger partial charge on any atom is 0.115 e. The molecule has 2 heterocycles. The number of aryl methyl sites for hydroxylation is 1. The van der Waals surface area contributed by atoms with Crippen LogP contribution in [0.4, 0.5) is 0 Å².